The van der Waals surface area contributed by atoms with Crippen molar-refractivity contribution in [3.05, 3.63) is 49.2 Å². The molecule has 8 heteroatoms. The van der Waals surface area contributed by atoms with E-state index in [-0.39, 0.29) is 18.0 Å². The number of hydrogen-bond acceptors (Lipinski definition) is 4. The van der Waals surface area contributed by atoms with Crippen LogP contribution in [0.2, 0.25) is 5.02 Å². The van der Waals surface area contributed by atoms with Crippen molar-refractivity contribution in [2.45, 2.75) is 13.5 Å². The van der Waals surface area contributed by atoms with Crippen LogP contribution in [0.3, 0.4) is 0 Å². The number of amides is 1. The lowest BCUT2D eigenvalue weighted by Gasteiger charge is -2.10. The molecule has 0 aliphatic heterocycles. The number of carbonyl (C=O) groups is 1. The Morgan fingerprint density at radius 3 is 2.90 bits per heavy atom. The van der Waals surface area contributed by atoms with Crippen molar-refractivity contribution >= 4 is 51.5 Å². The van der Waals surface area contributed by atoms with E-state index in [1.165, 1.54) is 10.9 Å². The Balaban J connectivity index is 2.16. The zero-order chi connectivity index (χ0) is 15.6. The third-order valence-corrected chi connectivity index (χ3v) is 4.24. The van der Waals surface area contributed by atoms with Gasteiger partial charge in [-0.3, -0.25) is 14.2 Å². The predicted molar refractivity (Wildman–Crippen MR) is 90.4 cm³/mol. The van der Waals surface area contributed by atoms with Crippen molar-refractivity contribution in [2.75, 3.05) is 11.1 Å². The maximum Gasteiger partial charge on any atom is 0.267 e. The Bertz CT molecular complexity index is 760. The van der Waals surface area contributed by atoms with E-state index in [4.69, 9.17) is 17.3 Å². The van der Waals surface area contributed by atoms with Gasteiger partial charge >= 0.3 is 0 Å². The lowest BCUT2D eigenvalue weighted by molar-refractivity contribution is -0.116. The van der Waals surface area contributed by atoms with Gasteiger partial charge in [0.15, 0.2) is 0 Å². The van der Waals surface area contributed by atoms with E-state index in [0.29, 0.717) is 25.7 Å². The van der Waals surface area contributed by atoms with Gasteiger partial charge in [0.25, 0.3) is 5.56 Å². The first-order chi connectivity index (χ1) is 9.88. The van der Waals surface area contributed by atoms with E-state index >= 15 is 0 Å². The van der Waals surface area contributed by atoms with Crippen LogP contribution in [-0.2, 0) is 11.3 Å². The molecule has 1 amide bonds. The largest absolute Gasteiger partial charge is 0.397 e. The van der Waals surface area contributed by atoms with Crippen LogP contribution >= 0.6 is 34.2 Å². The molecule has 0 saturated carbocycles. The Morgan fingerprint density at radius 1 is 1.52 bits per heavy atom. The number of anilines is 2. The third kappa shape index (κ3) is 3.73. The van der Waals surface area contributed by atoms with Crippen molar-refractivity contribution in [1.29, 1.82) is 0 Å². The standard InChI is InChI=1S/C13H12ClIN4O2/c1-7-12(15)13(21)19(6-17-7)5-11(20)18-10-3-2-8(14)4-9(10)16/h2-4,6H,5,16H2,1H3,(H,18,20). The number of hydrogen-bond donors (Lipinski definition) is 2. The molecule has 1 heterocycles. The topological polar surface area (TPSA) is 90.0 Å². The first kappa shape index (κ1) is 15.8. The summed E-state index contributed by atoms with van der Waals surface area (Å²) in [7, 11) is 0. The highest BCUT2D eigenvalue weighted by atomic mass is 127. The number of benzene rings is 1. The second-order valence-electron chi connectivity index (χ2n) is 4.36. The predicted octanol–water partition coefficient (Wildman–Crippen LogP) is 2.03. The molecule has 0 atom stereocenters. The van der Waals surface area contributed by atoms with Gasteiger partial charge in [0.05, 0.1) is 27.0 Å². The highest BCUT2D eigenvalue weighted by molar-refractivity contribution is 14.1. The second-order valence-corrected chi connectivity index (χ2v) is 5.87. The van der Waals surface area contributed by atoms with Gasteiger partial charge in [-0.05, 0) is 47.7 Å². The van der Waals surface area contributed by atoms with Crippen LogP contribution in [0.4, 0.5) is 11.4 Å². The van der Waals surface area contributed by atoms with E-state index in [1.54, 1.807) is 25.1 Å². The van der Waals surface area contributed by atoms with E-state index in [0.717, 1.165) is 0 Å². The highest BCUT2D eigenvalue weighted by Crippen LogP contribution is 2.22. The number of nitrogens with zero attached hydrogens (tertiary/aromatic N) is 2. The number of rotatable bonds is 3. The molecular formula is C13H12ClIN4O2. The summed E-state index contributed by atoms with van der Waals surface area (Å²) in [5.41, 5.74) is 6.96. The third-order valence-electron chi connectivity index (χ3n) is 2.76. The molecule has 0 bridgehead atoms. The Morgan fingerprint density at radius 2 is 2.24 bits per heavy atom. The SMILES string of the molecule is Cc1ncn(CC(=O)Nc2ccc(Cl)cc2N)c(=O)c1I. The molecule has 0 fully saturated rings. The molecule has 0 saturated heterocycles. The Kier molecular flexibility index (Phi) is 4.84. The zero-order valence-electron chi connectivity index (χ0n) is 11.1. The smallest absolute Gasteiger partial charge is 0.267 e. The van der Waals surface area contributed by atoms with Crippen molar-refractivity contribution in [2.24, 2.45) is 0 Å². The van der Waals surface area contributed by atoms with E-state index in [9.17, 15) is 9.59 Å². The zero-order valence-corrected chi connectivity index (χ0v) is 14.0. The molecule has 2 rings (SSSR count). The fraction of sp³-hybridized carbons (Fsp3) is 0.154. The lowest BCUT2D eigenvalue weighted by atomic mass is 10.2. The molecule has 0 aliphatic carbocycles. The molecule has 3 N–H and O–H groups in total. The van der Waals surface area contributed by atoms with Gasteiger partial charge in [0, 0.05) is 5.02 Å². The second kappa shape index (κ2) is 6.44. The van der Waals surface area contributed by atoms with Gasteiger partial charge in [-0.25, -0.2) is 4.98 Å². The minimum absolute atomic E-state index is 0.135. The molecule has 2 aromatic rings. The Hall–Kier alpha value is -1.61. The van der Waals surface area contributed by atoms with E-state index in [1.807, 2.05) is 22.6 Å². The van der Waals surface area contributed by atoms with Crippen LogP contribution in [0.15, 0.2) is 29.3 Å². The van der Waals surface area contributed by atoms with Gasteiger partial charge in [-0.15, -0.1) is 0 Å². The minimum Gasteiger partial charge on any atom is -0.397 e. The van der Waals surface area contributed by atoms with Crippen LogP contribution in [-0.4, -0.2) is 15.5 Å². The number of carbonyl (C=O) groups excluding carboxylic acids is 1. The first-order valence-corrected chi connectivity index (χ1v) is 7.40. The van der Waals surface area contributed by atoms with Gasteiger partial charge in [0.2, 0.25) is 5.91 Å². The van der Waals surface area contributed by atoms with Crippen molar-refractivity contribution in [3.63, 3.8) is 0 Å². The highest BCUT2D eigenvalue weighted by Gasteiger charge is 2.10. The summed E-state index contributed by atoms with van der Waals surface area (Å²) in [5, 5.41) is 3.12. The maximum absolute atomic E-state index is 12.0. The summed E-state index contributed by atoms with van der Waals surface area (Å²) in [5.74, 6) is -0.368. The number of aryl methyl sites for hydroxylation is 1. The van der Waals surface area contributed by atoms with Gasteiger partial charge < -0.3 is 11.1 Å². The van der Waals surface area contributed by atoms with Gasteiger partial charge in [-0.1, -0.05) is 11.6 Å². The average Bonchev–Trinajstić information content (AvgIpc) is 2.43. The fourth-order valence-electron chi connectivity index (χ4n) is 1.65. The maximum atomic E-state index is 12.0. The van der Waals surface area contributed by atoms with Crippen LogP contribution in [0.25, 0.3) is 0 Å². The number of nitrogens with one attached hydrogen (secondary N) is 1. The average molecular weight is 419 g/mol. The minimum atomic E-state index is -0.368. The molecule has 0 radical (unpaired) electrons. The number of nitrogen functional groups attached to an aromatic ring is 1. The molecule has 1 aromatic heterocycles. The van der Waals surface area contributed by atoms with Gasteiger partial charge in [-0.2, -0.15) is 0 Å². The molecule has 1 aromatic carbocycles. The quantitative estimate of drug-likeness (QED) is 0.589. The van der Waals surface area contributed by atoms with Crippen LogP contribution < -0.4 is 16.6 Å². The molecule has 0 spiro atoms. The summed E-state index contributed by atoms with van der Waals surface area (Å²) in [6.07, 6.45) is 1.35. The van der Waals surface area contributed by atoms with Crippen LogP contribution in [0.1, 0.15) is 5.69 Å². The molecular weight excluding hydrogens is 407 g/mol. The lowest BCUT2D eigenvalue weighted by Crippen LogP contribution is -2.30. The van der Waals surface area contributed by atoms with E-state index < -0.39 is 0 Å². The van der Waals surface area contributed by atoms with Crippen molar-refractivity contribution in [3.8, 4) is 0 Å². The van der Waals surface area contributed by atoms with Crippen molar-refractivity contribution < 1.29 is 4.79 Å². The fourth-order valence-corrected chi connectivity index (χ4v) is 2.28. The van der Waals surface area contributed by atoms with Crippen molar-refractivity contribution in [1.82, 2.24) is 9.55 Å². The molecule has 0 aliphatic rings. The van der Waals surface area contributed by atoms with Gasteiger partial charge in [0.1, 0.15) is 6.54 Å². The number of nitrogens with two attached hydrogens (primary N) is 1. The Labute approximate surface area is 139 Å². The van der Waals surface area contributed by atoms with Crippen LogP contribution in [0, 0.1) is 10.5 Å². The summed E-state index contributed by atoms with van der Waals surface area (Å²) < 4.78 is 1.74. The molecule has 21 heavy (non-hydrogen) atoms. The summed E-state index contributed by atoms with van der Waals surface area (Å²) in [6.45, 7) is 1.60. The normalized spacial score (nSPS) is 10.4. The first-order valence-electron chi connectivity index (χ1n) is 5.95. The number of aromatic nitrogens is 2. The number of halogens is 2. The molecule has 0 unspecified atom stereocenters. The summed E-state index contributed by atoms with van der Waals surface area (Å²) in [4.78, 5) is 28.0. The molecule has 110 valence electrons. The summed E-state index contributed by atoms with van der Waals surface area (Å²) in [6, 6.07) is 4.77. The van der Waals surface area contributed by atoms with Crippen LogP contribution in [0.5, 0.6) is 0 Å². The monoisotopic (exact) mass is 418 g/mol. The molecule has 6 nitrogen and oxygen atoms in total. The summed E-state index contributed by atoms with van der Waals surface area (Å²) >= 11 is 7.70. The van der Waals surface area contributed by atoms with E-state index in [2.05, 4.69) is 10.3 Å².